The van der Waals surface area contributed by atoms with E-state index in [2.05, 4.69) is 10.6 Å². The lowest BCUT2D eigenvalue weighted by molar-refractivity contribution is -0.385. The van der Waals surface area contributed by atoms with Crippen LogP contribution in [0.25, 0.3) is 0 Å². The van der Waals surface area contributed by atoms with Crippen molar-refractivity contribution in [2.75, 3.05) is 36.9 Å². The Bertz CT molecular complexity index is 1220. The smallest absolute Gasteiger partial charge is 0.311 e. The molecule has 0 aromatic heterocycles. The monoisotopic (exact) mass is 553 g/mol. The number of benzene rings is 2. The molecule has 1 aliphatic carbocycles. The Labute approximate surface area is 233 Å². The predicted molar refractivity (Wildman–Crippen MR) is 149 cm³/mol. The van der Waals surface area contributed by atoms with E-state index in [1.165, 1.54) is 6.07 Å². The van der Waals surface area contributed by atoms with Crippen LogP contribution in [0, 0.1) is 21.4 Å². The first kappa shape index (κ1) is 29.1. The molecule has 1 heterocycles. The third-order valence-electron chi connectivity index (χ3n) is 7.53. The van der Waals surface area contributed by atoms with Gasteiger partial charge in [0.25, 0.3) is 0 Å². The number of piperidine rings is 1. The largest absolute Gasteiger partial charge is 0.487 e. The van der Waals surface area contributed by atoms with Crippen molar-refractivity contribution in [1.29, 1.82) is 5.26 Å². The average Bonchev–Trinajstić information content (AvgIpc) is 2.97. The van der Waals surface area contributed by atoms with Gasteiger partial charge in [0.2, 0.25) is 5.91 Å². The Morgan fingerprint density at radius 1 is 1.07 bits per heavy atom. The van der Waals surface area contributed by atoms with Crippen LogP contribution in [-0.4, -0.2) is 60.2 Å². The van der Waals surface area contributed by atoms with E-state index in [-0.39, 0.29) is 42.1 Å². The first-order valence-corrected chi connectivity index (χ1v) is 13.8. The number of nitro benzene ring substituents is 1. The Hall–Kier alpha value is -3.91. The zero-order valence-electron chi connectivity index (χ0n) is 22.7. The van der Waals surface area contributed by atoms with Crippen LogP contribution in [0.2, 0.25) is 0 Å². The van der Waals surface area contributed by atoms with Gasteiger partial charge >= 0.3 is 5.69 Å². The molecular formula is C29H36FN5O5. The summed E-state index contributed by atoms with van der Waals surface area (Å²) in [7, 11) is 0. The van der Waals surface area contributed by atoms with Crippen molar-refractivity contribution in [3.8, 4) is 11.8 Å². The zero-order chi connectivity index (χ0) is 28.5. The molecule has 0 spiro atoms. The highest BCUT2D eigenvalue weighted by Gasteiger charge is 2.26. The summed E-state index contributed by atoms with van der Waals surface area (Å²) in [4.78, 5) is 25.4. The van der Waals surface area contributed by atoms with Gasteiger partial charge in [0.05, 0.1) is 29.3 Å². The molecule has 40 heavy (non-hydrogen) atoms. The first-order chi connectivity index (χ1) is 19.4. The summed E-state index contributed by atoms with van der Waals surface area (Å²) in [5.41, 5.74) is 2.26. The molecule has 1 saturated carbocycles. The third kappa shape index (κ3) is 7.60. The molecule has 2 N–H and O–H groups in total. The Morgan fingerprint density at radius 2 is 1.73 bits per heavy atom. The van der Waals surface area contributed by atoms with E-state index in [0.717, 1.165) is 49.9 Å². The quantitative estimate of drug-likeness (QED) is 0.288. The maximum absolute atomic E-state index is 13.2. The van der Waals surface area contributed by atoms with Gasteiger partial charge in [0, 0.05) is 54.2 Å². The van der Waals surface area contributed by atoms with Crippen LogP contribution in [-0.2, 0) is 16.2 Å². The van der Waals surface area contributed by atoms with Crippen LogP contribution in [0.5, 0.6) is 5.75 Å². The number of nitro groups is 1. The Balaban J connectivity index is 1.16. The van der Waals surface area contributed by atoms with Gasteiger partial charge in [0.1, 0.15) is 13.3 Å². The summed E-state index contributed by atoms with van der Waals surface area (Å²) in [6.45, 7) is 2.76. The molecule has 0 unspecified atom stereocenters. The number of nitriles is 1. The van der Waals surface area contributed by atoms with Crippen LogP contribution in [0.3, 0.4) is 0 Å². The highest BCUT2D eigenvalue weighted by Crippen LogP contribution is 2.31. The van der Waals surface area contributed by atoms with Gasteiger partial charge < -0.3 is 25.0 Å². The second-order valence-electron chi connectivity index (χ2n) is 10.2. The van der Waals surface area contributed by atoms with E-state index in [9.17, 15) is 19.3 Å². The summed E-state index contributed by atoms with van der Waals surface area (Å²) in [6, 6.07) is 12.3. The fraction of sp³-hybridized carbons (Fsp3) is 0.517. The van der Waals surface area contributed by atoms with Gasteiger partial charge in [0.15, 0.2) is 5.75 Å². The standard InChI is InChI=1S/C29H36FN5O5/c1-2-39-28-16-25(7-10-27(28)35(37)38)33-23-11-13-34(14-12-23)29(36)19-40-26-8-5-22(6-9-26)32-24-4-3-20(18-31)21(15-24)17-30/h3-4,7,10,15-16,22-23,26,32-33H,2,5-6,8-9,11-14,17,19H2,1H3. The summed E-state index contributed by atoms with van der Waals surface area (Å²) >= 11 is 0. The number of carbonyl (C=O) groups excluding carboxylic acids is 1. The number of nitrogens with one attached hydrogen (secondary N) is 2. The fourth-order valence-corrected chi connectivity index (χ4v) is 5.33. The number of nitrogens with zero attached hydrogens (tertiary/aromatic N) is 3. The first-order valence-electron chi connectivity index (χ1n) is 13.8. The van der Waals surface area contributed by atoms with E-state index in [4.69, 9.17) is 14.7 Å². The van der Waals surface area contributed by atoms with Gasteiger partial charge in [-0.2, -0.15) is 5.26 Å². The number of likely N-dealkylation sites (tertiary alicyclic amines) is 1. The third-order valence-corrected chi connectivity index (χ3v) is 7.53. The molecule has 214 valence electrons. The van der Waals surface area contributed by atoms with Crippen molar-refractivity contribution in [2.24, 2.45) is 0 Å². The molecule has 1 saturated heterocycles. The molecule has 2 aromatic carbocycles. The van der Waals surface area contributed by atoms with Gasteiger partial charge in [-0.05, 0) is 69.7 Å². The lowest BCUT2D eigenvalue weighted by Crippen LogP contribution is -2.44. The van der Waals surface area contributed by atoms with E-state index in [1.54, 1.807) is 31.2 Å². The molecule has 1 amide bonds. The van der Waals surface area contributed by atoms with Gasteiger partial charge in [-0.25, -0.2) is 4.39 Å². The van der Waals surface area contributed by atoms with Crippen molar-refractivity contribution in [2.45, 2.75) is 70.3 Å². The summed E-state index contributed by atoms with van der Waals surface area (Å²) in [6.07, 6.45) is 5.00. The van der Waals surface area contributed by atoms with Crippen molar-refractivity contribution >= 4 is 23.0 Å². The lowest BCUT2D eigenvalue weighted by Gasteiger charge is -2.34. The highest BCUT2D eigenvalue weighted by molar-refractivity contribution is 5.77. The second kappa shape index (κ2) is 13.9. The van der Waals surface area contributed by atoms with Gasteiger partial charge in [-0.1, -0.05) is 0 Å². The average molecular weight is 554 g/mol. The lowest BCUT2D eigenvalue weighted by atomic mass is 9.92. The number of rotatable bonds is 11. The zero-order valence-corrected chi connectivity index (χ0v) is 22.7. The van der Waals surface area contributed by atoms with Crippen LogP contribution in [0.1, 0.15) is 56.6 Å². The molecule has 2 aliphatic rings. The highest BCUT2D eigenvalue weighted by atomic mass is 19.1. The van der Waals surface area contributed by atoms with Gasteiger partial charge in [-0.3, -0.25) is 14.9 Å². The van der Waals surface area contributed by atoms with Gasteiger partial charge in [-0.15, -0.1) is 0 Å². The maximum atomic E-state index is 13.2. The second-order valence-corrected chi connectivity index (χ2v) is 10.2. The minimum atomic E-state index is -0.670. The number of amides is 1. The Kier molecular flexibility index (Phi) is 10.1. The van der Waals surface area contributed by atoms with Crippen LogP contribution >= 0.6 is 0 Å². The van der Waals surface area contributed by atoms with Crippen LogP contribution < -0.4 is 15.4 Å². The molecule has 1 aliphatic heterocycles. The van der Waals surface area contributed by atoms with E-state index in [0.29, 0.717) is 30.8 Å². The maximum Gasteiger partial charge on any atom is 0.311 e. The molecule has 0 radical (unpaired) electrons. The number of alkyl halides is 1. The van der Waals surface area contributed by atoms with E-state index in [1.807, 2.05) is 17.0 Å². The van der Waals surface area contributed by atoms with Crippen molar-refractivity contribution in [3.63, 3.8) is 0 Å². The fourth-order valence-electron chi connectivity index (χ4n) is 5.33. The topological polar surface area (TPSA) is 130 Å². The molecular weight excluding hydrogens is 517 g/mol. The van der Waals surface area contributed by atoms with Crippen LogP contribution in [0.15, 0.2) is 36.4 Å². The number of halogens is 1. The van der Waals surface area contributed by atoms with Crippen molar-refractivity contribution in [3.05, 3.63) is 57.6 Å². The number of carbonyl (C=O) groups is 1. The number of anilines is 2. The minimum absolute atomic E-state index is 0.0102. The molecule has 4 rings (SSSR count). The van der Waals surface area contributed by atoms with E-state index >= 15 is 0 Å². The summed E-state index contributed by atoms with van der Waals surface area (Å²) in [5.74, 6) is 0.233. The normalized spacial score (nSPS) is 19.5. The molecule has 10 nitrogen and oxygen atoms in total. The molecule has 2 aromatic rings. The molecule has 0 atom stereocenters. The molecule has 0 bridgehead atoms. The summed E-state index contributed by atoms with van der Waals surface area (Å²) < 4.78 is 24.6. The van der Waals surface area contributed by atoms with E-state index < -0.39 is 11.6 Å². The molecule has 2 fully saturated rings. The number of hydrogen-bond acceptors (Lipinski definition) is 8. The number of hydrogen-bond donors (Lipinski definition) is 2. The SMILES string of the molecule is CCOc1cc(NC2CCN(C(=O)COC3CCC(Nc4ccc(C#N)c(CF)c4)CC3)CC2)ccc1[N+](=O)[O-]. The predicted octanol–water partition coefficient (Wildman–Crippen LogP) is 5.18. The van der Waals surface area contributed by atoms with Crippen molar-refractivity contribution in [1.82, 2.24) is 4.90 Å². The number of ether oxygens (including phenoxy) is 2. The van der Waals surface area contributed by atoms with Crippen molar-refractivity contribution < 1.29 is 23.6 Å². The minimum Gasteiger partial charge on any atom is -0.487 e. The summed E-state index contributed by atoms with van der Waals surface area (Å²) in [5, 5.41) is 27.1. The van der Waals surface area contributed by atoms with Crippen LogP contribution in [0.4, 0.5) is 21.5 Å². The Morgan fingerprint density at radius 3 is 2.35 bits per heavy atom. The molecule has 11 heteroatoms.